The Balaban J connectivity index is 1.03. The molecule has 0 aliphatic carbocycles. The van der Waals surface area contributed by atoms with Crippen molar-refractivity contribution >= 4 is 23.5 Å². The van der Waals surface area contributed by atoms with Crippen LogP contribution in [0.5, 0.6) is 0 Å². The first kappa shape index (κ1) is 28.6. The number of morpholine rings is 1. The Morgan fingerprint density at radius 2 is 1.82 bits per heavy atom. The zero-order valence-corrected chi connectivity index (χ0v) is 24.2. The number of amides is 3. The number of nitrogens with one attached hydrogen (secondary N) is 1. The summed E-state index contributed by atoms with van der Waals surface area (Å²) < 4.78 is 37.0. The summed E-state index contributed by atoms with van der Waals surface area (Å²) in [5.74, 6) is -0.175. The van der Waals surface area contributed by atoms with Crippen molar-refractivity contribution in [1.82, 2.24) is 34.7 Å². The van der Waals surface area contributed by atoms with Crippen LogP contribution in [-0.4, -0.2) is 92.5 Å². The normalized spacial score (nSPS) is 21.8. The van der Waals surface area contributed by atoms with Gasteiger partial charge in [-0.05, 0) is 36.5 Å². The molecule has 0 radical (unpaired) electrons. The van der Waals surface area contributed by atoms with E-state index in [0.29, 0.717) is 57.1 Å². The molecule has 232 valence electrons. The maximum absolute atomic E-state index is 14.2. The summed E-state index contributed by atoms with van der Waals surface area (Å²) in [6.45, 7) is 4.91. The molecular weight excluding hydrogens is 574 g/mol. The number of anilines is 1. The van der Waals surface area contributed by atoms with Crippen LogP contribution in [0.1, 0.15) is 65.3 Å². The fraction of sp³-hybridized carbons (Fsp3) is 0.500. The van der Waals surface area contributed by atoms with Gasteiger partial charge < -0.3 is 14.5 Å². The topological polar surface area (TPSA) is 118 Å². The Morgan fingerprint density at radius 1 is 1.02 bits per heavy atom. The third kappa shape index (κ3) is 5.25. The van der Waals surface area contributed by atoms with Gasteiger partial charge in [-0.2, -0.15) is 10.2 Å². The molecule has 1 atom stereocenters. The summed E-state index contributed by atoms with van der Waals surface area (Å²) >= 11 is 0. The largest absolute Gasteiger partial charge is 0.378 e. The van der Waals surface area contributed by atoms with Gasteiger partial charge in [-0.1, -0.05) is 12.1 Å². The van der Waals surface area contributed by atoms with E-state index in [0.717, 1.165) is 42.9 Å². The predicted octanol–water partition coefficient (Wildman–Crippen LogP) is 2.44. The Bertz CT molecular complexity index is 1570. The molecule has 3 amide bonds. The number of nitrogens with zero attached hydrogens (tertiary/aromatic N) is 7. The van der Waals surface area contributed by atoms with Crippen LogP contribution >= 0.6 is 0 Å². The molecule has 7 rings (SSSR count). The average Bonchev–Trinajstić information content (AvgIpc) is 3.76. The van der Waals surface area contributed by atoms with Crippen molar-refractivity contribution in [2.45, 2.75) is 57.3 Å². The number of carbonyl (C=O) groups is 3. The number of fused-ring (bicyclic) bond motifs is 1. The number of hydrogen-bond donors (Lipinski definition) is 1. The smallest absolute Gasteiger partial charge is 0.284 e. The van der Waals surface area contributed by atoms with E-state index in [2.05, 4.69) is 25.3 Å². The highest BCUT2D eigenvalue weighted by atomic mass is 19.3. The highest BCUT2D eigenvalue weighted by molar-refractivity contribution is 6.05. The second-order valence-electron chi connectivity index (χ2n) is 11.7. The summed E-state index contributed by atoms with van der Waals surface area (Å²) in [6.07, 6.45) is 2.57. The number of alkyl halides is 2. The Hall–Kier alpha value is -4.17. The van der Waals surface area contributed by atoms with Crippen LogP contribution in [0.25, 0.3) is 5.69 Å². The SMILES string of the molecule is O=C1CCC(N2Cc3c(CN4CCC(n5cc(-n6nccc6N6CCOCC6)c(C(F)F)n5)CC4)cccc3C2=O)C(=O)N1. The molecule has 1 N–H and O–H groups in total. The molecule has 0 bridgehead atoms. The number of hydrogen-bond acceptors (Lipinski definition) is 8. The molecule has 44 heavy (non-hydrogen) atoms. The summed E-state index contributed by atoms with van der Waals surface area (Å²) in [4.78, 5) is 43.2. The second kappa shape index (κ2) is 11.7. The van der Waals surface area contributed by atoms with Crippen molar-refractivity contribution in [3.8, 4) is 5.69 Å². The van der Waals surface area contributed by atoms with Gasteiger partial charge in [0.05, 0.1) is 31.6 Å². The standard InChI is InChI=1S/C30H34F2N8O4/c31-28(32)27-24(40-26(6-9-33-40)37-12-14-44-15-13-37)18-39(35-27)20-7-10-36(11-8-20)16-19-2-1-3-21-22(19)17-38(30(21)43)23-4-5-25(41)34-29(23)42/h1-3,6,9,18,20,23,28H,4-5,7-8,10-17H2,(H,34,41,42). The van der Waals surface area contributed by atoms with Crippen LogP contribution in [0.2, 0.25) is 0 Å². The monoisotopic (exact) mass is 608 g/mol. The first-order chi connectivity index (χ1) is 21.4. The third-order valence-corrected chi connectivity index (χ3v) is 9.14. The first-order valence-corrected chi connectivity index (χ1v) is 15.1. The van der Waals surface area contributed by atoms with Crippen molar-refractivity contribution < 1.29 is 27.9 Å². The van der Waals surface area contributed by atoms with Crippen LogP contribution in [0.4, 0.5) is 14.6 Å². The minimum atomic E-state index is -2.74. The molecule has 3 saturated heterocycles. The summed E-state index contributed by atoms with van der Waals surface area (Å²) in [5.41, 5.74) is 2.55. The van der Waals surface area contributed by atoms with Gasteiger partial charge in [-0.15, -0.1) is 0 Å². The fourth-order valence-electron chi connectivity index (χ4n) is 6.80. The van der Waals surface area contributed by atoms with Crippen molar-refractivity contribution in [1.29, 1.82) is 0 Å². The van der Waals surface area contributed by atoms with E-state index in [1.165, 1.54) is 0 Å². The van der Waals surface area contributed by atoms with Crippen molar-refractivity contribution in [3.63, 3.8) is 0 Å². The molecule has 0 saturated carbocycles. The van der Waals surface area contributed by atoms with Gasteiger partial charge in [0.1, 0.15) is 17.5 Å². The number of benzene rings is 1. The molecule has 12 nitrogen and oxygen atoms in total. The third-order valence-electron chi connectivity index (χ3n) is 9.14. The summed E-state index contributed by atoms with van der Waals surface area (Å²) in [7, 11) is 0. The molecule has 14 heteroatoms. The minimum Gasteiger partial charge on any atom is -0.378 e. The number of rotatable bonds is 7. The minimum absolute atomic E-state index is 0.0361. The highest BCUT2D eigenvalue weighted by Gasteiger charge is 2.40. The van der Waals surface area contributed by atoms with Gasteiger partial charge in [-0.25, -0.2) is 13.5 Å². The average molecular weight is 609 g/mol. The zero-order chi connectivity index (χ0) is 30.4. The molecule has 0 spiro atoms. The molecule has 4 aliphatic heterocycles. The molecule has 4 aliphatic rings. The molecular formula is C30H34F2N8O4. The Kier molecular flexibility index (Phi) is 7.62. The fourth-order valence-corrected chi connectivity index (χ4v) is 6.80. The van der Waals surface area contributed by atoms with E-state index in [9.17, 15) is 23.2 Å². The lowest BCUT2D eigenvalue weighted by atomic mass is 10.0. The Morgan fingerprint density at radius 3 is 2.57 bits per heavy atom. The van der Waals surface area contributed by atoms with Gasteiger partial charge in [-0.3, -0.25) is 29.3 Å². The molecule has 6 heterocycles. The number of likely N-dealkylation sites (tertiary alicyclic amines) is 1. The van der Waals surface area contributed by atoms with Crippen molar-refractivity contribution in [2.75, 3.05) is 44.3 Å². The molecule has 1 unspecified atom stereocenters. The Labute approximate surface area is 252 Å². The van der Waals surface area contributed by atoms with Gasteiger partial charge in [0.15, 0.2) is 5.69 Å². The number of imide groups is 1. The van der Waals surface area contributed by atoms with Crippen LogP contribution in [0.15, 0.2) is 36.7 Å². The molecule has 2 aromatic heterocycles. The molecule has 1 aromatic carbocycles. The highest BCUT2D eigenvalue weighted by Crippen LogP contribution is 2.34. The van der Waals surface area contributed by atoms with Crippen molar-refractivity contribution in [3.05, 3.63) is 59.0 Å². The lowest BCUT2D eigenvalue weighted by Crippen LogP contribution is -2.52. The van der Waals surface area contributed by atoms with E-state index in [-0.39, 0.29) is 30.0 Å². The number of aromatic nitrogens is 4. The van der Waals surface area contributed by atoms with Crippen LogP contribution in [-0.2, 0) is 27.4 Å². The molecule has 3 fully saturated rings. The van der Waals surface area contributed by atoms with Crippen molar-refractivity contribution in [2.24, 2.45) is 0 Å². The van der Waals surface area contributed by atoms with E-state index in [4.69, 9.17) is 4.74 Å². The zero-order valence-electron chi connectivity index (χ0n) is 24.2. The number of carbonyl (C=O) groups excluding carboxylic acids is 3. The van der Waals surface area contributed by atoms with E-state index >= 15 is 0 Å². The molecule has 3 aromatic rings. The predicted molar refractivity (Wildman–Crippen MR) is 153 cm³/mol. The van der Waals surface area contributed by atoms with Gasteiger partial charge in [0.25, 0.3) is 12.3 Å². The number of piperidine rings is 2. The van der Waals surface area contributed by atoms with Crippen LogP contribution in [0.3, 0.4) is 0 Å². The van der Waals surface area contributed by atoms with Gasteiger partial charge in [0.2, 0.25) is 11.8 Å². The number of ether oxygens (including phenoxy) is 1. The maximum atomic E-state index is 14.2. The van der Waals surface area contributed by atoms with Gasteiger partial charge in [0, 0.05) is 57.3 Å². The van der Waals surface area contributed by atoms with E-state index in [1.807, 2.05) is 18.2 Å². The quantitative estimate of drug-likeness (QED) is 0.407. The van der Waals surface area contributed by atoms with Crippen LogP contribution < -0.4 is 10.2 Å². The number of halogens is 2. The summed E-state index contributed by atoms with van der Waals surface area (Å²) in [5, 5.41) is 11.1. The van der Waals surface area contributed by atoms with Gasteiger partial charge >= 0.3 is 0 Å². The lowest BCUT2D eigenvalue weighted by molar-refractivity contribution is -0.136. The van der Waals surface area contributed by atoms with Crippen LogP contribution in [0, 0.1) is 0 Å². The lowest BCUT2D eigenvalue weighted by Gasteiger charge is -2.32. The van der Waals surface area contributed by atoms with E-state index < -0.39 is 18.4 Å². The first-order valence-electron chi connectivity index (χ1n) is 15.1. The maximum Gasteiger partial charge on any atom is 0.284 e. The van der Waals surface area contributed by atoms with E-state index in [1.54, 1.807) is 32.7 Å². The summed E-state index contributed by atoms with van der Waals surface area (Å²) in [6, 6.07) is 6.81. The second-order valence-corrected chi connectivity index (χ2v) is 11.7.